The number of anilines is 1. The Hall–Kier alpha value is -2.16. The second-order valence-corrected chi connectivity index (χ2v) is 9.53. The predicted molar refractivity (Wildman–Crippen MR) is 102 cm³/mol. The van der Waals surface area contributed by atoms with Crippen LogP contribution in [-0.4, -0.2) is 19.3 Å². The number of hydrogen-bond donors (Lipinski definition) is 1. The highest BCUT2D eigenvalue weighted by Crippen LogP contribution is 2.30. The molecule has 0 bridgehead atoms. The van der Waals surface area contributed by atoms with Crippen LogP contribution in [0.1, 0.15) is 34.0 Å². The molecule has 27 heavy (non-hydrogen) atoms. The Morgan fingerprint density at radius 3 is 2.59 bits per heavy atom. The van der Waals surface area contributed by atoms with Crippen LogP contribution in [0.3, 0.4) is 0 Å². The van der Waals surface area contributed by atoms with Gasteiger partial charge in [0, 0.05) is 9.90 Å². The number of aryl methyl sites for hydroxylation is 2. The summed E-state index contributed by atoms with van der Waals surface area (Å²) in [6.07, 6.45) is 4.14. The number of carbonyl (C=O) groups excluding carboxylic acids is 1. The number of nitrogens with one attached hydrogen (secondary N) is 1. The van der Waals surface area contributed by atoms with Gasteiger partial charge >= 0.3 is 0 Å². The summed E-state index contributed by atoms with van der Waals surface area (Å²) in [5.74, 6) is -0.616. The Bertz CT molecular complexity index is 1080. The third-order valence-corrected chi connectivity index (χ3v) is 7.23. The topological polar surface area (TPSA) is 89.3 Å². The third kappa shape index (κ3) is 3.65. The number of hydrogen-bond acceptors (Lipinski definition) is 6. The lowest BCUT2D eigenvalue weighted by Crippen LogP contribution is -2.11. The number of rotatable bonds is 4. The molecule has 6 nitrogen and oxygen atoms in total. The van der Waals surface area contributed by atoms with Crippen molar-refractivity contribution >= 4 is 43.8 Å². The lowest BCUT2D eigenvalue weighted by molar-refractivity contribution is 0.0991. The summed E-state index contributed by atoms with van der Waals surface area (Å²) in [5.41, 5.74) is 1.03. The molecule has 4 rings (SSSR count). The second kappa shape index (κ2) is 7.10. The van der Waals surface area contributed by atoms with Crippen molar-refractivity contribution in [3.05, 3.63) is 57.8 Å². The van der Waals surface area contributed by atoms with Gasteiger partial charge in [-0.05, 0) is 62.1 Å². The number of carbonyl (C=O) groups is 1. The summed E-state index contributed by atoms with van der Waals surface area (Å²) in [5, 5.41) is 3.33. The summed E-state index contributed by atoms with van der Waals surface area (Å²) in [6.45, 7) is 0. The minimum Gasteiger partial charge on any atom is -0.439 e. The van der Waals surface area contributed by atoms with Crippen LogP contribution in [0.4, 0.5) is 5.13 Å². The molecule has 0 fully saturated rings. The first-order chi connectivity index (χ1) is 12.9. The Balaban J connectivity index is 1.54. The SMILES string of the molecule is O=C(Nc1nc2c(s1)CCCC2)c1ccc(S(=O)(=O)c2ccc(Cl)cc2)o1. The molecular formula is C18H15ClN2O4S2. The summed E-state index contributed by atoms with van der Waals surface area (Å²) < 4.78 is 30.5. The van der Waals surface area contributed by atoms with Gasteiger partial charge in [-0.1, -0.05) is 11.6 Å². The Labute approximate surface area is 165 Å². The van der Waals surface area contributed by atoms with Gasteiger partial charge in [-0.3, -0.25) is 10.1 Å². The molecule has 0 unspecified atom stereocenters. The van der Waals surface area contributed by atoms with E-state index in [0.29, 0.717) is 10.2 Å². The smallest absolute Gasteiger partial charge is 0.293 e. The van der Waals surface area contributed by atoms with Gasteiger partial charge in [0.25, 0.3) is 5.91 Å². The van der Waals surface area contributed by atoms with E-state index in [1.807, 2.05) is 0 Å². The van der Waals surface area contributed by atoms with Crippen LogP contribution >= 0.6 is 22.9 Å². The monoisotopic (exact) mass is 422 g/mol. The maximum Gasteiger partial charge on any atom is 0.293 e. The van der Waals surface area contributed by atoms with E-state index in [1.54, 1.807) is 0 Å². The molecular weight excluding hydrogens is 408 g/mol. The van der Waals surface area contributed by atoms with Crippen molar-refractivity contribution in [3.8, 4) is 0 Å². The van der Waals surface area contributed by atoms with Gasteiger partial charge in [0.15, 0.2) is 10.9 Å². The van der Waals surface area contributed by atoms with Crippen LogP contribution in [0, 0.1) is 0 Å². The molecule has 1 aromatic carbocycles. The number of furan rings is 1. The molecule has 0 saturated carbocycles. The summed E-state index contributed by atoms with van der Waals surface area (Å²) in [7, 11) is -3.86. The number of amides is 1. The fraction of sp³-hybridized carbons (Fsp3) is 0.222. The van der Waals surface area contributed by atoms with Crippen molar-refractivity contribution in [2.45, 2.75) is 35.7 Å². The standard InChI is InChI=1S/C18H15ClN2O4S2/c19-11-5-7-12(8-6-11)27(23,24)16-10-9-14(25-16)17(22)21-18-20-13-3-1-2-4-15(13)26-18/h5-10H,1-4H2,(H,20,21,22). The third-order valence-electron chi connectivity index (χ3n) is 4.26. The maximum absolute atomic E-state index is 12.6. The first-order valence-corrected chi connectivity index (χ1v) is 11.0. The molecule has 0 radical (unpaired) electrons. The van der Waals surface area contributed by atoms with E-state index in [-0.39, 0.29) is 15.7 Å². The van der Waals surface area contributed by atoms with Gasteiger partial charge in [0.05, 0.1) is 10.6 Å². The van der Waals surface area contributed by atoms with Crippen LogP contribution < -0.4 is 5.32 Å². The number of halogens is 1. The highest BCUT2D eigenvalue weighted by atomic mass is 35.5. The molecule has 2 heterocycles. The number of nitrogens with zero attached hydrogens (tertiary/aromatic N) is 1. The molecule has 0 saturated heterocycles. The van der Waals surface area contributed by atoms with Gasteiger partial charge in [-0.15, -0.1) is 11.3 Å². The minimum atomic E-state index is -3.86. The van der Waals surface area contributed by atoms with Crippen molar-refractivity contribution in [2.75, 3.05) is 5.32 Å². The van der Waals surface area contributed by atoms with Gasteiger partial charge in [0.1, 0.15) is 0 Å². The van der Waals surface area contributed by atoms with Gasteiger partial charge in [-0.2, -0.15) is 0 Å². The number of thiazole rings is 1. The summed E-state index contributed by atoms with van der Waals surface area (Å²) >= 11 is 7.25. The van der Waals surface area contributed by atoms with E-state index >= 15 is 0 Å². The molecule has 0 spiro atoms. The average Bonchev–Trinajstić information content (AvgIpc) is 3.29. The largest absolute Gasteiger partial charge is 0.439 e. The zero-order valence-corrected chi connectivity index (χ0v) is 16.5. The van der Waals surface area contributed by atoms with Crippen molar-refractivity contribution in [1.29, 1.82) is 0 Å². The first kappa shape index (κ1) is 18.2. The number of benzene rings is 1. The molecule has 1 aliphatic carbocycles. The van der Waals surface area contributed by atoms with Crippen molar-refractivity contribution in [3.63, 3.8) is 0 Å². The maximum atomic E-state index is 12.6. The number of aromatic nitrogens is 1. The molecule has 0 aliphatic heterocycles. The normalized spacial score (nSPS) is 14.0. The molecule has 0 atom stereocenters. The Morgan fingerprint density at radius 2 is 1.85 bits per heavy atom. The summed E-state index contributed by atoms with van der Waals surface area (Å²) in [6, 6.07) is 8.35. The van der Waals surface area contributed by atoms with E-state index in [4.69, 9.17) is 16.0 Å². The Kier molecular flexibility index (Phi) is 4.79. The average molecular weight is 423 g/mol. The van der Waals surface area contributed by atoms with Crippen LogP contribution in [0.2, 0.25) is 5.02 Å². The van der Waals surface area contributed by atoms with E-state index in [1.165, 1.54) is 52.6 Å². The van der Waals surface area contributed by atoms with Crippen LogP contribution in [0.25, 0.3) is 0 Å². The zero-order valence-electron chi connectivity index (χ0n) is 14.1. The fourth-order valence-corrected chi connectivity index (χ4v) is 5.22. The molecule has 1 N–H and O–H groups in total. The molecule has 9 heteroatoms. The highest BCUT2D eigenvalue weighted by molar-refractivity contribution is 7.91. The molecule has 3 aromatic rings. The molecule has 1 aliphatic rings. The van der Waals surface area contributed by atoms with Gasteiger partial charge in [0.2, 0.25) is 14.9 Å². The molecule has 140 valence electrons. The minimum absolute atomic E-state index is 0.0424. The van der Waals surface area contributed by atoms with Crippen LogP contribution in [0.5, 0.6) is 0 Å². The molecule has 2 aromatic heterocycles. The van der Waals surface area contributed by atoms with Crippen molar-refractivity contribution in [1.82, 2.24) is 4.98 Å². The highest BCUT2D eigenvalue weighted by Gasteiger charge is 2.24. The van der Waals surface area contributed by atoms with E-state index < -0.39 is 15.7 Å². The van der Waals surface area contributed by atoms with E-state index in [9.17, 15) is 13.2 Å². The summed E-state index contributed by atoms with van der Waals surface area (Å²) in [4.78, 5) is 18.1. The Morgan fingerprint density at radius 1 is 1.11 bits per heavy atom. The van der Waals surface area contributed by atoms with E-state index in [0.717, 1.165) is 31.4 Å². The lowest BCUT2D eigenvalue weighted by Gasteiger charge is -2.06. The van der Waals surface area contributed by atoms with Gasteiger partial charge in [-0.25, -0.2) is 13.4 Å². The van der Waals surface area contributed by atoms with Crippen LogP contribution in [0.15, 0.2) is 50.8 Å². The van der Waals surface area contributed by atoms with E-state index in [2.05, 4.69) is 10.3 Å². The second-order valence-electron chi connectivity index (χ2n) is 6.13. The van der Waals surface area contributed by atoms with Gasteiger partial charge < -0.3 is 4.42 Å². The number of sulfone groups is 1. The predicted octanol–water partition coefficient (Wildman–Crippen LogP) is 4.35. The van der Waals surface area contributed by atoms with Crippen LogP contribution in [-0.2, 0) is 22.7 Å². The quantitative estimate of drug-likeness (QED) is 0.674. The first-order valence-electron chi connectivity index (χ1n) is 8.34. The number of fused-ring (bicyclic) bond motifs is 1. The fourth-order valence-electron chi connectivity index (χ4n) is 2.88. The lowest BCUT2D eigenvalue weighted by atomic mass is 10.0. The van der Waals surface area contributed by atoms with Crippen molar-refractivity contribution in [2.24, 2.45) is 0 Å². The zero-order chi connectivity index (χ0) is 19.0. The molecule has 1 amide bonds. The van der Waals surface area contributed by atoms with Crippen molar-refractivity contribution < 1.29 is 17.6 Å².